The first kappa shape index (κ1) is 13.3. The second kappa shape index (κ2) is 6.06. The molecule has 2 heteroatoms. The van der Waals surface area contributed by atoms with Gasteiger partial charge in [0.15, 0.2) is 0 Å². The minimum Gasteiger partial charge on any atom is -0.198 e. The van der Waals surface area contributed by atoms with Gasteiger partial charge in [-0.3, -0.25) is 0 Å². The van der Waals surface area contributed by atoms with Crippen LogP contribution in [0.3, 0.4) is 0 Å². The highest BCUT2D eigenvalue weighted by Crippen LogP contribution is 2.25. The molecule has 1 aromatic carbocycles. The lowest BCUT2D eigenvalue weighted by atomic mass is 9.89. The Balaban J connectivity index is 3.36. The van der Waals surface area contributed by atoms with E-state index in [4.69, 9.17) is 5.26 Å². The molecule has 0 saturated heterocycles. The summed E-state index contributed by atoms with van der Waals surface area (Å²) < 4.78 is 0. The number of rotatable bonds is 4. The van der Waals surface area contributed by atoms with Gasteiger partial charge in [0, 0.05) is 0 Å². The average Bonchev–Trinajstić information content (AvgIpc) is 2.37. The zero-order valence-electron chi connectivity index (χ0n) is 10.7. The van der Waals surface area contributed by atoms with Gasteiger partial charge in [-0.05, 0) is 41.5 Å². The fraction of sp³-hybridized carbons (Fsp3) is 0.467. The molecule has 0 aromatic heterocycles. The first-order valence-electron chi connectivity index (χ1n) is 6.10. The summed E-state index contributed by atoms with van der Waals surface area (Å²) >= 11 is 0. The van der Waals surface area contributed by atoms with Crippen molar-refractivity contribution in [1.29, 1.82) is 10.5 Å². The van der Waals surface area contributed by atoms with Gasteiger partial charge in [-0.15, -0.1) is 0 Å². The average molecular weight is 226 g/mol. The Morgan fingerprint density at radius 1 is 1.24 bits per heavy atom. The van der Waals surface area contributed by atoms with Crippen molar-refractivity contribution < 1.29 is 0 Å². The van der Waals surface area contributed by atoms with Gasteiger partial charge >= 0.3 is 0 Å². The standard InChI is InChI=1S/C15H18N2/c1-4-11(3)13-8-12(6-7-16)15(5-2)14(9-13)10-17/h8-9,11H,4-6H2,1-3H3. The maximum atomic E-state index is 9.19. The van der Waals surface area contributed by atoms with E-state index in [-0.39, 0.29) is 0 Å². The van der Waals surface area contributed by atoms with E-state index in [1.807, 2.05) is 13.0 Å². The van der Waals surface area contributed by atoms with E-state index in [9.17, 15) is 5.26 Å². The topological polar surface area (TPSA) is 47.6 Å². The molecule has 0 spiro atoms. The van der Waals surface area contributed by atoms with Crippen molar-refractivity contribution in [1.82, 2.24) is 0 Å². The molecule has 1 unspecified atom stereocenters. The predicted molar refractivity (Wildman–Crippen MR) is 68.6 cm³/mol. The van der Waals surface area contributed by atoms with Crippen molar-refractivity contribution in [3.05, 3.63) is 34.4 Å². The fourth-order valence-corrected chi connectivity index (χ4v) is 2.04. The van der Waals surface area contributed by atoms with E-state index in [0.29, 0.717) is 12.3 Å². The third-order valence-corrected chi connectivity index (χ3v) is 3.29. The van der Waals surface area contributed by atoms with Crippen LogP contribution in [0, 0.1) is 22.7 Å². The fourth-order valence-electron chi connectivity index (χ4n) is 2.04. The Bertz CT molecular complexity index is 475. The predicted octanol–water partition coefficient (Wildman–Crippen LogP) is 3.70. The summed E-state index contributed by atoms with van der Waals surface area (Å²) in [5.41, 5.74) is 3.95. The molecule has 0 amide bonds. The maximum Gasteiger partial charge on any atom is 0.0994 e. The summed E-state index contributed by atoms with van der Waals surface area (Å²) in [7, 11) is 0. The van der Waals surface area contributed by atoms with Crippen molar-refractivity contribution in [3.63, 3.8) is 0 Å². The highest BCUT2D eigenvalue weighted by Gasteiger charge is 2.12. The molecule has 2 nitrogen and oxygen atoms in total. The second-order valence-electron chi connectivity index (χ2n) is 4.32. The molecule has 0 saturated carbocycles. The molecule has 0 aliphatic heterocycles. The minimum absolute atomic E-state index is 0.391. The van der Waals surface area contributed by atoms with Crippen molar-refractivity contribution in [2.75, 3.05) is 0 Å². The number of nitriles is 2. The van der Waals surface area contributed by atoms with Crippen LogP contribution in [-0.2, 0) is 12.8 Å². The summed E-state index contributed by atoms with van der Waals surface area (Å²) in [6, 6.07) is 8.51. The summed E-state index contributed by atoms with van der Waals surface area (Å²) in [6.45, 7) is 6.31. The van der Waals surface area contributed by atoms with Gasteiger partial charge in [-0.1, -0.05) is 26.8 Å². The largest absolute Gasteiger partial charge is 0.198 e. The van der Waals surface area contributed by atoms with Gasteiger partial charge in [-0.25, -0.2) is 0 Å². The normalized spacial score (nSPS) is 11.6. The Morgan fingerprint density at radius 3 is 2.41 bits per heavy atom. The molecule has 1 atom stereocenters. The third kappa shape index (κ3) is 2.86. The Hall–Kier alpha value is -1.80. The Labute approximate surface area is 104 Å². The van der Waals surface area contributed by atoms with E-state index in [1.165, 1.54) is 5.56 Å². The first-order chi connectivity index (χ1) is 8.17. The number of benzene rings is 1. The van der Waals surface area contributed by atoms with Crippen LogP contribution in [-0.4, -0.2) is 0 Å². The van der Waals surface area contributed by atoms with E-state index in [2.05, 4.69) is 32.1 Å². The third-order valence-electron chi connectivity index (χ3n) is 3.29. The first-order valence-corrected chi connectivity index (χ1v) is 6.10. The number of hydrogen-bond donors (Lipinski definition) is 0. The summed E-state index contributed by atoms with van der Waals surface area (Å²) in [6.07, 6.45) is 2.24. The number of hydrogen-bond acceptors (Lipinski definition) is 2. The molecule has 0 radical (unpaired) electrons. The molecule has 17 heavy (non-hydrogen) atoms. The van der Waals surface area contributed by atoms with E-state index < -0.39 is 0 Å². The SMILES string of the molecule is CCc1c(C#N)cc(C(C)CC)cc1CC#N. The summed E-state index contributed by atoms with van der Waals surface area (Å²) in [4.78, 5) is 0. The molecule has 0 aliphatic carbocycles. The van der Waals surface area contributed by atoms with Crippen LogP contribution in [0.1, 0.15) is 55.4 Å². The zero-order valence-corrected chi connectivity index (χ0v) is 10.7. The number of nitrogens with zero attached hydrogens (tertiary/aromatic N) is 2. The highest BCUT2D eigenvalue weighted by molar-refractivity contribution is 5.47. The van der Waals surface area contributed by atoms with Gasteiger partial charge in [0.1, 0.15) is 0 Å². The lowest BCUT2D eigenvalue weighted by Crippen LogP contribution is -2.01. The molecule has 0 bridgehead atoms. The molecule has 0 aliphatic rings. The summed E-state index contributed by atoms with van der Waals surface area (Å²) in [5.74, 6) is 0.436. The van der Waals surface area contributed by atoms with E-state index in [1.54, 1.807) is 0 Å². The van der Waals surface area contributed by atoms with Gasteiger partial charge in [0.05, 0.1) is 24.1 Å². The second-order valence-corrected chi connectivity index (χ2v) is 4.32. The monoisotopic (exact) mass is 226 g/mol. The lowest BCUT2D eigenvalue weighted by Gasteiger charge is -2.14. The van der Waals surface area contributed by atoms with Crippen LogP contribution in [0.25, 0.3) is 0 Å². The Morgan fingerprint density at radius 2 is 1.94 bits per heavy atom. The molecular formula is C15H18N2. The summed E-state index contributed by atoms with van der Waals surface area (Å²) in [5, 5.41) is 18.0. The van der Waals surface area contributed by atoms with Crippen LogP contribution in [0.5, 0.6) is 0 Å². The maximum absolute atomic E-state index is 9.19. The van der Waals surface area contributed by atoms with Crippen molar-refractivity contribution in [2.24, 2.45) is 0 Å². The van der Waals surface area contributed by atoms with Crippen LogP contribution >= 0.6 is 0 Å². The molecule has 0 heterocycles. The van der Waals surface area contributed by atoms with Gasteiger partial charge in [0.2, 0.25) is 0 Å². The molecule has 1 rings (SSSR count). The minimum atomic E-state index is 0.391. The van der Waals surface area contributed by atoms with E-state index >= 15 is 0 Å². The molecular weight excluding hydrogens is 208 g/mol. The quantitative estimate of drug-likeness (QED) is 0.785. The van der Waals surface area contributed by atoms with Crippen LogP contribution < -0.4 is 0 Å². The van der Waals surface area contributed by atoms with Crippen LogP contribution in [0.4, 0.5) is 0 Å². The van der Waals surface area contributed by atoms with Crippen LogP contribution in [0.2, 0.25) is 0 Å². The van der Waals surface area contributed by atoms with Crippen molar-refractivity contribution >= 4 is 0 Å². The molecule has 1 aromatic rings. The van der Waals surface area contributed by atoms with Crippen molar-refractivity contribution in [2.45, 2.75) is 46.0 Å². The van der Waals surface area contributed by atoms with Crippen molar-refractivity contribution in [3.8, 4) is 12.1 Å². The molecule has 0 fully saturated rings. The van der Waals surface area contributed by atoms with E-state index in [0.717, 1.165) is 29.5 Å². The lowest BCUT2D eigenvalue weighted by molar-refractivity contribution is 0.731. The zero-order chi connectivity index (χ0) is 12.8. The highest BCUT2D eigenvalue weighted by atomic mass is 14.3. The van der Waals surface area contributed by atoms with Gasteiger partial charge < -0.3 is 0 Å². The van der Waals surface area contributed by atoms with Crippen LogP contribution in [0.15, 0.2) is 12.1 Å². The Kier molecular flexibility index (Phi) is 4.73. The van der Waals surface area contributed by atoms with Gasteiger partial charge in [0.25, 0.3) is 0 Å². The van der Waals surface area contributed by atoms with Gasteiger partial charge in [-0.2, -0.15) is 10.5 Å². The molecule has 0 N–H and O–H groups in total. The molecule has 88 valence electrons. The smallest absolute Gasteiger partial charge is 0.0994 e.